The lowest BCUT2D eigenvalue weighted by atomic mass is 9.78. The maximum atomic E-state index is 6.18. The monoisotopic (exact) mass is 310 g/mol. The molecule has 2 aliphatic rings. The summed E-state index contributed by atoms with van der Waals surface area (Å²) in [6, 6.07) is 0. The highest BCUT2D eigenvalue weighted by molar-refractivity contribution is 4.77. The molecule has 2 rings (SSSR count). The molecular formula is C20H38O2. The first kappa shape index (κ1) is 18.3. The summed E-state index contributed by atoms with van der Waals surface area (Å²) in [6.45, 7) is 7.68. The molecule has 0 bridgehead atoms. The van der Waals surface area contributed by atoms with Crippen molar-refractivity contribution in [2.45, 2.75) is 104 Å². The first-order valence-corrected chi connectivity index (χ1v) is 9.96. The summed E-state index contributed by atoms with van der Waals surface area (Å²) in [5.41, 5.74) is 0. The molecule has 2 aliphatic carbocycles. The van der Waals surface area contributed by atoms with E-state index in [1.165, 1.54) is 70.6 Å². The molecule has 2 saturated carbocycles. The van der Waals surface area contributed by atoms with Gasteiger partial charge in [-0.1, -0.05) is 65.2 Å². The number of rotatable bonds is 8. The molecule has 0 aliphatic heterocycles. The Balaban J connectivity index is 1.60. The van der Waals surface area contributed by atoms with Crippen molar-refractivity contribution >= 4 is 0 Å². The van der Waals surface area contributed by atoms with Crippen molar-refractivity contribution in [3.63, 3.8) is 0 Å². The molecule has 0 radical (unpaired) electrons. The van der Waals surface area contributed by atoms with Gasteiger partial charge in [0.15, 0.2) is 6.29 Å². The smallest absolute Gasteiger partial charge is 0.155 e. The maximum absolute atomic E-state index is 6.18. The number of hydrogen-bond donors (Lipinski definition) is 0. The van der Waals surface area contributed by atoms with Gasteiger partial charge in [-0.2, -0.15) is 0 Å². The van der Waals surface area contributed by atoms with Gasteiger partial charge in [-0.05, 0) is 43.9 Å². The zero-order valence-electron chi connectivity index (χ0n) is 15.2. The van der Waals surface area contributed by atoms with Gasteiger partial charge in [-0.15, -0.1) is 0 Å². The summed E-state index contributed by atoms with van der Waals surface area (Å²) in [6.07, 6.45) is 15.2. The van der Waals surface area contributed by atoms with Crippen molar-refractivity contribution in [2.24, 2.45) is 17.8 Å². The van der Waals surface area contributed by atoms with E-state index in [1.54, 1.807) is 0 Å². The quantitative estimate of drug-likeness (QED) is 0.516. The van der Waals surface area contributed by atoms with E-state index in [2.05, 4.69) is 20.8 Å². The van der Waals surface area contributed by atoms with E-state index in [0.717, 1.165) is 24.4 Å². The van der Waals surface area contributed by atoms with Crippen LogP contribution >= 0.6 is 0 Å². The van der Waals surface area contributed by atoms with Gasteiger partial charge in [0.1, 0.15) is 0 Å². The minimum Gasteiger partial charge on any atom is -0.353 e. The summed E-state index contributed by atoms with van der Waals surface area (Å²) in [5.74, 6) is 2.61. The van der Waals surface area contributed by atoms with Crippen molar-refractivity contribution in [3.05, 3.63) is 0 Å². The highest BCUT2D eigenvalue weighted by Gasteiger charge is 2.27. The highest BCUT2D eigenvalue weighted by atomic mass is 16.7. The van der Waals surface area contributed by atoms with Crippen LogP contribution in [0.1, 0.15) is 91.4 Å². The van der Waals surface area contributed by atoms with E-state index in [0.29, 0.717) is 6.10 Å². The molecule has 0 aromatic rings. The van der Waals surface area contributed by atoms with Gasteiger partial charge in [-0.25, -0.2) is 0 Å². The van der Waals surface area contributed by atoms with Gasteiger partial charge >= 0.3 is 0 Å². The van der Waals surface area contributed by atoms with Crippen LogP contribution in [0.25, 0.3) is 0 Å². The molecular weight excluding hydrogens is 272 g/mol. The van der Waals surface area contributed by atoms with E-state index < -0.39 is 0 Å². The van der Waals surface area contributed by atoms with Crippen molar-refractivity contribution in [1.29, 1.82) is 0 Å². The Hall–Kier alpha value is -0.0800. The molecule has 0 N–H and O–H groups in total. The average molecular weight is 311 g/mol. The minimum absolute atomic E-state index is 0.0238. The molecule has 0 aromatic carbocycles. The second-order valence-electron chi connectivity index (χ2n) is 7.80. The van der Waals surface area contributed by atoms with E-state index >= 15 is 0 Å². The lowest BCUT2D eigenvalue weighted by molar-refractivity contribution is -0.172. The lowest BCUT2D eigenvalue weighted by Gasteiger charge is -2.34. The summed E-state index contributed by atoms with van der Waals surface area (Å²) >= 11 is 0. The second-order valence-corrected chi connectivity index (χ2v) is 7.80. The number of ether oxygens (including phenoxy) is 2. The molecule has 0 saturated heterocycles. The van der Waals surface area contributed by atoms with Crippen LogP contribution < -0.4 is 0 Å². The standard InChI is InChI=1S/C20H38O2/c1-4-16(2)19-11-8-12-20(15-19)22-17(3)21-14-13-18-9-6-5-7-10-18/h16-20H,4-15H2,1-3H3. The van der Waals surface area contributed by atoms with E-state index in [-0.39, 0.29) is 6.29 Å². The predicted octanol–water partition coefficient (Wildman–Crippen LogP) is 5.94. The van der Waals surface area contributed by atoms with E-state index in [1.807, 2.05) is 0 Å². The van der Waals surface area contributed by atoms with Crippen molar-refractivity contribution in [2.75, 3.05) is 6.61 Å². The minimum atomic E-state index is -0.0238. The molecule has 0 heterocycles. The molecule has 2 fully saturated rings. The van der Waals surface area contributed by atoms with E-state index in [9.17, 15) is 0 Å². The fourth-order valence-electron chi connectivity index (χ4n) is 4.34. The fourth-order valence-corrected chi connectivity index (χ4v) is 4.34. The van der Waals surface area contributed by atoms with Crippen LogP contribution in [0.5, 0.6) is 0 Å². The largest absolute Gasteiger partial charge is 0.353 e. The molecule has 0 aromatic heterocycles. The normalized spacial score (nSPS) is 30.1. The van der Waals surface area contributed by atoms with Crippen LogP contribution in [0.15, 0.2) is 0 Å². The highest BCUT2D eigenvalue weighted by Crippen LogP contribution is 2.33. The molecule has 2 nitrogen and oxygen atoms in total. The Morgan fingerprint density at radius 1 is 0.955 bits per heavy atom. The van der Waals surface area contributed by atoms with Crippen LogP contribution in [0.3, 0.4) is 0 Å². The third-order valence-electron chi connectivity index (χ3n) is 6.10. The third kappa shape index (κ3) is 6.20. The van der Waals surface area contributed by atoms with Crippen LogP contribution in [0.2, 0.25) is 0 Å². The lowest BCUT2D eigenvalue weighted by Crippen LogP contribution is -2.30. The van der Waals surface area contributed by atoms with Crippen molar-refractivity contribution < 1.29 is 9.47 Å². The zero-order chi connectivity index (χ0) is 15.8. The molecule has 0 spiro atoms. The Morgan fingerprint density at radius 2 is 1.73 bits per heavy atom. The Bertz CT molecular complexity index is 285. The van der Waals surface area contributed by atoms with Gasteiger partial charge in [0.25, 0.3) is 0 Å². The zero-order valence-corrected chi connectivity index (χ0v) is 15.2. The Labute approximate surface area is 138 Å². The Kier molecular flexibility index (Phi) is 8.24. The molecule has 4 unspecified atom stereocenters. The summed E-state index contributed by atoms with van der Waals surface area (Å²) in [4.78, 5) is 0. The summed E-state index contributed by atoms with van der Waals surface area (Å²) in [7, 11) is 0. The van der Waals surface area contributed by atoms with Gasteiger partial charge in [-0.3, -0.25) is 0 Å². The van der Waals surface area contributed by atoms with Crippen molar-refractivity contribution in [3.8, 4) is 0 Å². The van der Waals surface area contributed by atoms with Gasteiger partial charge in [0.05, 0.1) is 6.10 Å². The molecule has 2 heteroatoms. The molecule has 0 amide bonds. The first-order chi connectivity index (χ1) is 10.7. The van der Waals surface area contributed by atoms with Crippen LogP contribution in [-0.4, -0.2) is 19.0 Å². The molecule has 22 heavy (non-hydrogen) atoms. The SMILES string of the molecule is CCC(C)C1CCCC(OC(C)OCCC2CCCCC2)C1. The summed E-state index contributed by atoms with van der Waals surface area (Å²) < 4.78 is 12.1. The first-order valence-electron chi connectivity index (χ1n) is 9.96. The van der Waals surface area contributed by atoms with Crippen LogP contribution in [0, 0.1) is 17.8 Å². The van der Waals surface area contributed by atoms with E-state index in [4.69, 9.17) is 9.47 Å². The van der Waals surface area contributed by atoms with Crippen LogP contribution in [0.4, 0.5) is 0 Å². The topological polar surface area (TPSA) is 18.5 Å². The average Bonchev–Trinajstić information content (AvgIpc) is 2.55. The predicted molar refractivity (Wildman–Crippen MR) is 92.9 cm³/mol. The van der Waals surface area contributed by atoms with Crippen LogP contribution in [-0.2, 0) is 9.47 Å². The van der Waals surface area contributed by atoms with Crippen molar-refractivity contribution in [1.82, 2.24) is 0 Å². The Morgan fingerprint density at radius 3 is 2.45 bits per heavy atom. The molecule has 130 valence electrons. The van der Waals surface area contributed by atoms with Gasteiger partial charge < -0.3 is 9.47 Å². The summed E-state index contributed by atoms with van der Waals surface area (Å²) in [5, 5.41) is 0. The third-order valence-corrected chi connectivity index (χ3v) is 6.10. The maximum Gasteiger partial charge on any atom is 0.155 e. The fraction of sp³-hybridized carbons (Fsp3) is 1.00. The van der Waals surface area contributed by atoms with Gasteiger partial charge in [0, 0.05) is 6.61 Å². The second kappa shape index (κ2) is 9.93. The van der Waals surface area contributed by atoms with Gasteiger partial charge in [0.2, 0.25) is 0 Å². The molecule has 4 atom stereocenters. The number of hydrogen-bond acceptors (Lipinski definition) is 2.